The van der Waals surface area contributed by atoms with Gasteiger partial charge >= 0.3 is 5.97 Å². The molecule has 22 heavy (non-hydrogen) atoms. The van der Waals surface area contributed by atoms with Crippen LogP contribution in [-0.4, -0.2) is 40.5 Å². The van der Waals surface area contributed by atoms with Crippen LogP contribution in [0.2, 0.25) is 0 Å². The maximum atomic E-state index is 12.7. The highest BCUT2D eigenvalue weighted by atomic mass is 16.5. The largest absolute Gasteiger partial charge is 0.465 e. The first-order chi connectivity index (χ1) is 10.6. The van der Waals surface area contributed by atoms with Gasteiger partial charge in [-0.2, -0.15) is 10.1 Å². The molecule has 1 heterocycles. The summed E-state index contributed by atoms with van der Waals surface area (Å²) in [7, 11) is 1.20. The number of benzene rings is 1. The summed E-state index contributed by atoms with van der Waals surface area (Å²) in [6.45, 7) is 0. The average molecular weight is 302 g/mol. The molecule has 1 saturated carbocycles. The fourth-order valence-electron chi connectivity index (χ4n) is 3.18. The van der Waals surface area contributed by atoms with Gasteiger partial charge in [0.2, 0.25) is 0 Å². The Labute approximate surface area is 128 Å². The van der Waals surface area contributed by atoms with Gasteiger partial charge in [0.05, 0.1) is 13.0 Å². The summed E-state index contributed by atoms with van der Waals surface area (Å²) in [5, 5.41) is 16.1. The van der Waals surface area contributed by atoms with Crippen LogP contribution >= 0.6 is 0 Å². The topological polar surface area (TPSA) is 79.2 Å². The fraction of sp³-hybridized carbons (Fsp3) is 0.438. The highest BCUT2D eigenvalue weighted by molar-refractivity contribution is 6.04. The highest BCUT2D eigenvalue weighted by Gasteiger charge is 2.59. The lowest BCUT2D eigenvalue weighted by molar-refractivity contribution is -0.184. The zero-order valence-electron chi connectivity index (χ0n) is 12.4. The Morgan fingerprint density at radius 2 is 2.05 bits per heavy atom. The van der Waals surface area contributed by atoms with Gasteiger partial charge in [-0.3, -0.25) is 4.79 Å². The van der Waals surface area contributed by atoms with Crippen molar-refractivity contribution in [2.24, 2.45) is 11.0 Å². The molecule has 0 bridgehead atoms. The number of fused-ring (bicyclic) bond motifs is 1. The number of hydrazone groups is 1. The molecule has 1 aromatic rings. The molecule has 1 fully saturated rings. The van der Waals surface area contributed by atoms with E-state index in [2.05, 4.69) is 5.10 Å². The summed E-state index contributed by atoms with van der Waals surface area (Å²) in [5.41, 5.74) is -0.978. The Morgan fingerprint density at radius 3 is 2.73 bits per heavy atom. The van der Waals surface area contributed by atoms with E-state index in [1.165, 1.54) is 7.11 Å². The third-order valence-electron chi connectivity index (χ3n) is 4.31. The van der Waals surface area contributed by atoms with Gasteiger partial charge < -0.3 is 9.84 Å². The molecule has 3 rings (SSSR count). The first-order valence-corrected chi connectivity index (χ1v) is 7.36. The van der Waals surface area contributed by atoms with Crippen molar-refractivity contribution in [3.63, 3.8) is 0 Å². The van der Waals surface area contributed by atoms with Gasteiger partial charge in [0.1, 0.15) is 0 Å². The van der Waals surface area contributed by atoms with Crippen molar-refractivity contribution in [3.8, 4) is 0 Å². The molecule has 0 aromatic heterocycles. The van der Waals surface area contributed by atoms with Crippen molar-refractivity contribution in [2.75, 3.05) is 7.11 Å². The van der Waals surface area contributed by atoms with E-state index in [9.17, 15) is 14.7 Å². The van der Waals surface area contributed by atoms with Crippen LogP contribution in [-0.2, 0) is 9.53 Å². The first kappa shape index (κ1) is 14.7. The number of amides is 1. The summed E-state index contributed by atoms with van der Waals surface area (Å²) in [6.07, 6.45) is 3.13. The smallest absolute Gasteiger partial charge is 0.362 e. The third kappa shape index (κ3) is 2.11. The zero-order valence-corrected chi connectivity index (χ0v) is 12.4. The molecular weight excluding hydrogens is 284 g/mol. The van der Waals surface area contributed by atoms with Gasteiger partial charge in [0.15, 0.2) is 0 Å². The standard InChI is InChI=1S/C16H18N2O4/c1-22-15(20)16(21)12-9-5-6-10-13(12)17-18(16)14(19)11-7-3-2-4-8-11/h2-4,7-8,12,21H,5-6,9-10H2,1H3/t12-,16-/m1/s1. The normalized spacial score (nSPS) is 27.1. The van der Waals surface area contributed by atoms with Crippen molar-refractivity contribution in [1.29, 1.82) is 0 Å². The molecule has 0 spiro atoms. The Bertz CT molecular complexity index is 628. The molecule has 1 aromatic carbocycles. The third-order valence-corrected chi connectivity index (χ3v) is 4.31. The van der Waals surface area contributed by atoms with Crippen molar-refractivity contribution < 1.29 is 19.4 Å². The van der Waals surface area contributed by atoms with E-state index < -0.39 is 23.5 Å². The monoisotopic (exact) mass is 302 g/mol. The second-order valence-electron chi connectivity index (χ2n) is 5.59. The average Bonchev–Trinajstić information content (AvgIpc) is 2.88. The van der Waals surface area contributed by atoms with Crippen LogP contribution in [0.25, 0.3) is 0 Å². The maximum absolute atomic E-state index is 12.7. The number of hydrogen-bond donors (Lipinski definition) is 1. The lowest BCUT2D eigenvalue weighted by Gasteiger charge is -2.34. The molecule has 1 amide bonds. The van der Waals surface area contributed by atoms with Crippen LogP contribution in [0.4, 0.5) is 0 Å². The molecule has 1 aliphatic carbocycles. The van der Waals surface area contributed by atoms with Crippen LogP contribution in [0.5, 0.6) is 0 Å². The van der Waals surface area contributed by atoms with Crippen molar-refractivity contribution in [2.45, 2.75) is 31.4 Å². The number of esters is 1. The van der Waals surface area contributed by atoms with Gasteiger partial charge in [-0.1, -0.05) is 24.6 Å². The zero-order chi connectivity index (χ0) is 15.7. The Morgan fingerprint density at radius 1 is 1.32 bits per heavy atom. The predicted molar refractivity (Wildman–Crippen MR) is 79.0 cm³/mol. The molecule has 1 aliphatic heterocycles. The first-order valence-electron chi connectivity index (χ1n) is 7.36. The van der Waals surface area contributed by atoms with Crippen LogP contribution in [0, 0.1) is 5.92 Å². The van der Waals surface area contributed by atoms with Gasteiger partial charge in [0, 0.05) is 11.3 Å². The SMILES string of the molecule is COC(=O)[C@]1(O)[C@@H]2CCCCC2=NN1C(=O)c1ccccc1. The molecule has 2 atom stereocenters. The number of nitrogens with zero attached hydrogens (tertiary/aromatic N) is 2. The van der Waals surface area contributed by atoms with E-state index in [0.29, 0.717) is 24.1 Å². The van der Waals surface area contributed by atoms with E-state index in [1.807, 2.05) is 0 Å². The molecule has 6 nitrogen and oxygen atoms in total. The Balaban J connectivity index is 2.02. The quantitative estimate of drug-likeness (QED) is 0.841. The predicted octanol–water partition coefficient (Wildman–Crippen LogP) is 1.55. The number of carbonyl (C=O) groups excluding carboxylic acids is 2. The van der Waals surface area contributed by atoms with Gasteiger partial charge in [-0.15, -0.1) is 0 Å². The van der Waals surface area contributed by atoms with E-state index in [0.717, 1.165) is 17.9 Å². The molecule has 6 heteroatoms. The lowest BCUT2D eigenvalue weighted by Crippen LogP contribution is -2.57. The van der Waals surface area contributed by atoms with Crippen LogP contribution in [0.1, 0.15) is 36.0 Å². The molecule has 0 unspecified atom stereocenters. The van der Waals surface area contributed by atoms with E-state index in [-0.39, 0.29) is 0 Å². The van der Waals surface area contributed by atoms with Gasteiger partial charge in [-0.05, 0) is 31.4 Å². The fourth-order valence-corrected chi connectivity index (χ4v) is 3.18. The summed E-state index contributed by atoms with van der Waals surface area (Å²) < 4.78 is 4.75. The molecule has 0 saturated heterocycles. The molecule has 1 N–H and O–H groups in total. The Kier molecular flexibility index (Phi) is 3.70. The van der Waals surface area contributed by atoms with E-state index in [4.69, 9.17) is 4.74 Å². The van der Waals surface area contributed by atoms with Crippen LogP contribution in [0.3, 0.4) is 0 Å². The van der Waals surface area contributed by atoms with Crippen LogP contribution < -0.4 is 0 Å². The number of ether oxygens (including phenoxy) is 1. The van der Waals surface area contributed by atoms with E-state index in [1.54, 1.807) is 30.3 Å². The number of rotatable bonds is 2. The molecule has 0 radical (unpaired) electrons. The lowest BCUT2D eigenvalue weighted by atomic mass is 9.80. The molecule has 2 aliphatic rings. The number of aliphatic hydroxyl groups is 1. The molecule has 116 valence electrons. The highest BCUT2D eigenvalue weighted by Crippen LogP contribution is 2.40. The van der Waals surface area contributed by atoms with E-state index >= 15 is 0 Å². The number of carbonyl (C=O) groups is 2. The number of methoxy groups -OCH3 is 1. The minimum Gasteiger partial charge on any atom is -0.465 e. The summed E-state index contributed by atoms with van der Waals surface area (Å²) >= 11 is 0. The van der Waals surface area contributed by atoms with Gasteiger partial charge in [0.25, 0.3) is 11.6 Å². The minimum absolute atomic E-state index is 0.368. The summed E-state index contributed by atoms with van der Waals surface area (Å²) in [5.74, 6) is -1.83. The summed E-state index contributed by atoms with van der Waals surface area (Å²) in [4.78, 5) is 24.9. The second kappa shape index (κ2) is 5.53. The molecular formula is C16H18N2O4. The van der Waals surface area contributed by atoms with Crippen LogP contribution in [0.15, 0.2) is 35.4 Å². The maximum Gasteiger partial charge on any atom is 0.362 e. The van der Waals surface area contributed by atoms with Crippen molar-refractivity contribution in [3.05, 3.63) is 35.9 Å². The minimum atomic E-state index is -2.04. The number of hydrogen-bond acceptors (Lipinski definition) is 5. The van der Waals surface area contributed by atoms with Crippen molar-refractivity contribution >= 4 is 17.6 Å². The van der Waals surface area contributed by atoms with Crippen molar-refractivity contribution in [1.82, 2.24) is 5.01 Å². The second-order valence-corrected chi connectivity index (χ2v) is 5.59. The summed E-state index contributed by atoms with van der Waals surface area (Å²) in [6, 6.07) is 8.49. The van der Waals surface area contributed by atoms with Gasteiger partial charge in [-0.25, -0.2) is 4.79 Å². The Hall–Kier alpha value is -2.21.